The molecule has 2 rings (SSSR count). The lowest BCUT2D eigenvalue weighted by atomic mass is 10.1. The van der Waals surface area contributed by atoms with Gasteiger partial charge in [0.25, 0.3) is 0 Å². The Morgan fingerprint density at radius 2 is 2.12 bits per heavy atom. The Hall–Kier alpha value is -1.57. The molecule has 0 saturated heterocycles. The van der Waals surface area contributed by atoms with Crippen LogP contribution in [-0.2, 0) is 6.42 Å². The Morgan fingerprint density at radius 1 is 1.31 bits per heavy atom. The highest BCUT2D eigenvalue weighted by Gasteiger charge is 2.07. The van der Waals surface area contributed by atoms with Crippen molar-refractivity contribution in [2.75, 3.05) is 0 Å². The van der Waals surface area contributed by atoms with Crippen LogP contribution < -0.4 is 0 Å². The molecule has 1 aromatic heterocycles. The Morgan fingerprint density at radius 3 is 2.81 bits per heavy atom. The van der Waals surface area contributed by atoms with Crippen LogP contribution in [0.25, 0.3) is 11.0 Å². The Balaban J connectivity index is 2.34. The molecule has 0 aliphatic rings. The minimum Gasteiger partial charge on any atom is -0.453 e. The van der Waals surface area contributed by atoms with Crippen LogP contribution in [0.1, 0.15) is 42.8 Å². The van der Waals surface area contributed by atoms with Crippen molar-refractivity contribution in [3.63, 3.8) is 0 Å². The summed E-state index contributed by atoms with van der Waals surface area (Å²) >= 11 is 0. The van der Waals surface area contributed by atoms with Crippen LogP contribution in [0.5, 0.6) is 0 Å². The van der Waals surface area contributed by atoms with E-state index in [1.54, 1.807) is 0 Å². The summed E-state index contributed by atoms with van der Waals surface area (Å²) in [7, 11) is 0. The first kappa shape index (κ1) is 10.9. The second kappa shape index (κ2) is 4.52. The van der Waals surface area contributed by atoms with E-state index in [9.17, 15) is 4.79 Å². The molecular formula is C14H16O2. The van der Waals surface area contributed by atoms with Gasteiger partial charge in [-0.05, 0) is 36.6 Å². The number of Topliss-reactive ketones (excluding diaryl/α,β-unsaturated/α-hetero) is 1. The number of rotatable bonds is 4. The summed E-state index contributed by atoms with van der Waals surface area (Å²) in [6, 6.07) is 7.96. The third kappa shape index (κ3) is 2.16. The van der Waals surface area contributed by atoms with Crippen LogP contribution in [0.4, 0.5) is 0 Å². The van der Waals surface area contributed by atoms with Crippen molar-refractivity contribution in [3.8, 4) is 0 Å². The van der Waals surface area contributed by atoms with Gasteiger partial charge in [0.15, 0.2) is 11.5 Å². The zero-order valence-electron chi connectivity index (χ0n) is 9.75. The monoisotopic (exact) mass is 216 g/mol. The Bertz CT molecular complexity index is 508. The second-order valence-electron chi connectivity index (χ2n) is 4.14. The van der Waals surface area contributed by atoms with E-state index in [0.717, 1.165) is 17.4 Å². The van der Waals surface area contributed by atoms with Gasteiger partial charge >= 0.3 is 0 Å². The molecule has 0 spiro atoms. The van der Waals surface area contributed by atoms with E-state index in [4.69, 9.17) is 4.42 Å². The molecule has 0 saturated carbocycles. The fourth-order valence-electron chi connectivity index (χ4n) is 1.80. The van der Waals surface area contributed by atoms with E-state index in [2.05, 4.69) is 19.1 Å². The third-order valence-corrected chi connectivity index (χ3v) is 2.75. The summed E-state index contributed by atoms with van der Waals surface area (Å²) in [6.45, 7) is 3.71. The molecule has 0 radical (unpaired) electrons. The zero-order chi connectivity index (χ0) is 11.5. The summed E-state index contributed by atoms with van der Waals surface area (Å²) < 4.78 is 5.44. The normalized spacial score (nSPS) is 10.9. The van der Waals surface area contributed by atoms with Crippen LogP contribution in [0.3, 0.4) is 0 Å². The number of hydrogen-bond donors (Lipinski definition) is 0. The van der Waals surface area contributed by atoms with E-state index in [-0.39, 0.29) is 5.78 Å². The van der Waals surface area contributed by atoms with Gasteiger partial charge in [-0.25, -0.2) is 0 Å². The van der Waals surface area contributed by atoms with Crippen molar-refractivity contribution in [3.05, 3.63) is 35.6 Å². The van der Waals surface area contributed by atoms with Crippen LogP contribution in [-0.4, -0.2) is 5.78 Å². The topological polar surface area (TPSA) is 30.2 Å². The molecule has 0 amide bonds. The maximum Gasteiger partial charge on any atom is 0.194 e. The molecular weight excluding hydrogens is 200 g/mol. The molecule has 16 heavy (non-hydrogen) atoms. The van der Waals surface area contributed by atoms with Gasteiger partial charge in [-0.15, -0.1) is 0 Å². The molecule has 1 aromatic carbocycles. The number of aryl methyl sites for hydroxylation is 1. The molecule has 84 valence electrons. The number of furan rings is 1. The van der Waals surface area contributed by atoms with Crippen LogP contribution >= 0.6 is 0 Å². The van der Waals surface area contributed by atoms with Crippen LogP contribution in [0, 0.1) is 0 Å². The summed E-state index contributed by atoms with van der Waals surface area (Å²) in [5.41, 5.74) is 2.11. The van der Waals surface area contributed by atoms with Crippen molar-refractivity contribution < 1.29 is 9.21 Å². The minimum atomic E-state index is -0.0219. The van der Waals surface area contributed by atoms with Crippen molar-refractivity contribution in [1.29, 1.82) is 0 Å². The quantitative estimate of drug-likeness (QED) is 0.723. The molecule has 0 N–H and O–H groups in total. The van der Waals surface area contributed by atoms with Crippen molar-refractivity contribution >= 4 is 16.8 Å². The lowest BCUT2D eigenvalue weighted by molar-refractivity contribution is 0.0989. The van der Waals surface area contributed by atoms with Gasteiger partial charge in [-0.3, -0.25) is 4.79 Å². The van der Waals surface area contributed by atoms with E-state index < -0.39 is 0 Å². The van der Waals surface area contributed by atoms with Crippen LogP contribution in [0.15, 0.2) is 28.7 Å². The Labute approximate surface area is 95.3 Å². The number of benzene rings is 1. The lowest BCUT2D eigenvalue weighted by Gasteiger charge is -1.98. The molecule has 0 atom stereocenters. The maximum absolute atomic E-state index is 11.2. The molecule has 0 fully saturated rings. The Kier molecular flexibility index (Phi) is 3.09. The average molecular weight is 216 g/mol. The number of hydrogen-bond acceptors (Lipinski definition) is 2. The number of fused-ring (bicyclic) bond motifs is 1. The number of carbonyl (C=O) groups excluding carboxylic acids is 1. The second-order valence-corrected chi connectivity index (χ2v) is 4.14. The smallest absolute Gasteiger partial charge is 0.194 e. The van der Waals surface area contributed by atoms with Gasteiger partial charge in [0, 0.05) is 12.3 Å². The predicted molar refractivity (Wildman–Crippen MR) is 64.8 cm³/mol. The minimum absolute atomic E-state index is 0.0219. The predicted octanol–water partition coefficient (Wildman–Crippen LogP) is 3.98. The van der Waals surface area contributed by atoms with Crippen molar-refractivity contribution in [2.24, 2.45) is 0 Å². The zero-order valence-corrected chi connectivity index (χ0v) is 9.75. The molecule has 2 nitrogen and oxygen atoms in total. The van der Waals surface area contributed by atoms with Gasteiger partial charge in [0.1, 0.15) is 5.58 Å². The van der Waals surface area contributed by atoms with Gasteiger partial charge in [-0.1, -0.05) is 19.4 Å². The molecule has 2 aromatic rings. The summed E-state index contributed by atoms with van der Waals surface area (Å²) in [5.74, 6) is 0.425. The molecule has 0 unspecified atom stereocenters. The summed E-state index contributed by atoms with van der Waals surface area (Å²) in [5, 5.41) is 1.03. The first-order valence-corrected chi connectivity index (χ1v) is 5.74. The highest BCUT2D eigenvalue weighted by molar-refractivity contribution is 5.96. The highest BCUT2D eigenvalue weighted by Crippen LogP contribution is 2.21. The van der Waals surface area contributed by atoms with E-state index in [0.29, 0.717) is 5.76 Å². The molecule has 0 aliphatic carbocycles. The van der Waals surface area contributed by atoms with Crippen molar-refractivity contribution in [1.82, 2.24) is 0 Å². The van der Waals surface area contributed by atoms with Crippen molar-refractivity contribution in [2.45, 2.75) is 33.1 Å². The van der Waals surface area contributed by atoms with Gasteiger partial charge in [0.2, 0.25) is 0 Å². The first-order chi connectivity index (χ1) is 7.70. The summed E-state index contributed by atoms with van der Waals surface area (Å²) in [4.78, 5) is 11.2. The fraction of sp³-hybridized carbons (Fsp3) is 0.357. The van der Waals surface area contributed by atoms with E-state index in [1.807, 2.05) is 12.1 Å². The van der Waals surface area contributed by atoms with E-state index in [1.165, 1.54) is 25.3 Å². The number of carbonyl (C=O) groups is 1. The largest absolute Gasteiger partial charge is 0.453 e. The third-order valence-electron chi connectivity index (χ3n) is 2.75. The molecule has 0 aliphatic heterocycles. The highest BCUT2D eigenvalue weighted by atomic mass is 16.3. The average Bonchev–Trinajstić information content (AvgIpc) is 2.69. The molecule has 1 heterocycles. The molecule has 2 heteroatoms. The van der Waals surface area contributed by atoms with Crippen LogP contribution in [0.2, 0.25) is 0 Å². The van der Waals surface area contributed by atoms with Gasteiger partial charge in [-0.2, -0.15) is 0 Å². The van der Waals surface area contributed by atoms with Gasteiger partial charge in [0.05, 0.1) is 0 Å². The summed E-state index contributed by atoms with van der Waals surface area (Å²) in [6.07, 6.45) is 3.48. The SMILES string of the molecule is CCCCc1ccc2oc(C(C)=O)cc2c1. The first-order valence-electron chi connectivity index (χ1n) is 5.74. The lowest BCUT2D eigenvalue weighted by Crippen LogP contribution is -1.85. The maximum atomic E-state index is 11.2. The van der Waals surface area contributed by atoms with E-state index >= 15 is 0 Å². The molecule has 0 bridgehead atoms. The number of unbranched alkanes of at least 4 members (excludes halogenated alkanes) is 1. The standard InChI is InChI=1S/C14H16O2/c1-3-4-5-11-6-7-13-12(8-11)9-14(16-13)10(2)15/h6-9H,3-5H2,1-2H3. The van der Waals surface area contributed by atoms with Gasteiger partial charge < -0.3 is 4.42 Å². The number of ketones is 1. The fourth-order valence-corrected chi connectivity index (χ4v) is 1.80.